The molecule has 0 spiro atoms. The second-order valence-corrected chi connectivity index (χ2v) is 7.23. The number of benzene rings is 2. The van der Waals surface area contributed by atoms with Gasteiger partial charge in [-0.15, -0.1) is 24.0 Å². The molecule has 8 heteroatoms. The van der Waals surface area contributed by atoms with Crippen LogP contribution in [0.1, 0.15) is 12.2 Å². The Bertz CT molecular complexity index is 930. The van der Waals surface area contributed by atoms with E-state index in [4.69, 9.17) is 0 Å². The van der Waals surface area contributed by atoms with E-state index >= 15 is 0 Å². The van der Waals surface area contributed by atoms with Gasteiger partial charge in [0.2, 0.25) is 0 Å². The van der Waals surface area contributed by atoms with Crippen molar-refractivity contribution in [3.63, 3.8) is 0 Å². The Kier molecular flexibility index (Phi) is 7.89. The predicted octanol–water partition coefficient (Wildman–Crippen LogP) is 3.65. The number of nitrogens with one attached hydrogen (secondary N) is 2. The lowest BCUT2D eigenvalue weighted by Gasteiger charge is -2.37. The van der Waals surface area contributed by atoms with Gasteiger partial charge in [-0.3, -0.25) is 4.99 Å². The van der Waals surface area contributed by atoms with Crippen molar-refractivity contribution in [2.45, 2.75) is 12.8 Å². The minimum atomic E-state index is -0.195. The molecule has 2 N–H and O–H groups in total. The highest BCUT2D eigenvalue weighted by Crippen LogP contribution is 2.17. The molecule has 0 radical (unpaired) electrons. The van der Waals surface area contributed by atoms with Gasteiger partial charge in [-0.2, -0.15) is 0 Å². The smallest absolute Gasteiger partial charge is 0.193 e. The van der Waals surface area contributed by atoms with Crippen LogP contribution < -0.4 is 10.2 Å². The van der Waals surface area contributed by atoms with Crippen LogP contribution in [-0.2, 0) is 6.42 Å². The third-order valence-corrected chi connectivity index (χ3v) is 5.29. The molecule has 160 valence electrons. The second-order valence-electron chi connectivity index (χ2n) is 7.23. The van der Waals surface area contributed by atoms with Crippen molar-refractivity contribution in [3.8, 4) is 0 Å². The Balaban J connectivity index is 0.00000256. The molecule has 30 heavy (non-hydrogen) atoms. The molecule has 2 aromatic carbocycles. The average molecular weight is 522 g/mol. The summed E-state index contributed by atoms with van der Waals surface area (Å²) in [4.78, 5) is 17.0. The first kappa shape index (κ1) is 22.3. The van der Waals surface area contributed by atoms with Crippen LogP contribution in [0.5, 0.6) is 0 Å². The number of aliphatic imine (C=N–C) groups is 1. The topological polar surface area (TPSA) is 59.6 Å². The first-order valence-corrected chi connectivity index (χ1v) is 10.1. The monoisotopic (exact) mass is 522 g/mol. The number of aromatic nitrogens is 2. The fourth-order valence-corrected chi connectivity index (χ4v) is 3.74. The molecule has 1 aliphatic heterocycles. The number of rotatable bonds is 5. The zero-order valence-electron chi connectivity index (χ0n) is 17.1. The molecule has 0 atom stereocenters. The molecule has 0 unspecified atom stereocenters. The molecule has 3 aromatic rings. The SMILES string of the molecule is CN=C(NCCCc1nc2ccccc2[nH]1)N1CCN(c2ccc(F)cc2)CC1.I. The molecule has 1 fully saturated rings. The van der Waals surface area contributed by atoms with Crippen molar-refractivity contribution in [1.82, 2.24) is 20.2 Å². The minimum absolute atomic E-state index is 0. The molecule has 1 aliphatic rings. The molecule has 1 saturated heterocycles. The molecule has 0 bridgehead atoms. The number of para-hydroxylation sites is 2. The van der Waals surface area contributed by atoms with Crippen LogP contribution in [0.2, 0.25) is 0 Å². The molecular formula is C22H28FIN6. The largest absolute Gasteiger partial charge is 0.368 e. The summed E-state index contributed by atoms with van der Waals surface area (Å²) in [5.41, 5.74) is 3.18. The number of aryl methyl sites for hydroxylation is 1. The van der Waals surface area contributed by atoms with E-state index in [1.165, 1.54) is 12.1 Å². The Morgan fingerprint density at radius 2 is 1.83 bits per heavy atom. The molecule has 0 aliphatic carbocycles. The van der Waals surface area contributed by atoms with E-state index < -0.39 is 0 Å². The van der Waals surface area contributed by atoms with Gasteiger partial charge >= 0.3 is 0 Å². The van der Waals surface area contributed by atoms with E-state index in [-0.39, 0.29) is 29.8 Å². The Morgan fingerprint density at radius 3 is 2.53 bits per heavy atom. The lowest BCUT2D eigenvalue weighted by Crippen LogP contribution is -2.52. The number of imidazole rings is 1. The molecule has 6 nitrogen and oxygen atoms in total. The van der Waals surface area contributed by atoms with Crippen LogP contribution in [0.25, 0.3) is 11.0 Å². The van der Waals surface area contributed by atoms with Crippen molar-refractivity contribution in [1.29, 1.82) is 0 Å². The maximum Gasteiger partial charge on any atom is 0.193 e. The first-order valence-electron chi connectivity index (χ1n) is 10.1. The number of hydrogen-bond donors (Lipinski definition) is 2. The standard InChI is InChI=1S/C22H27FN6.HI/c1-24-22(25-12-4-7-21-26-19-5-2-3-6-20(19)27-21)29-15-13-28(14-16-29)18-10-8-17(23)9-11-18;/h2-3,5-6,8-11H,4,7,12-16H2,1H3,(H,24,25)(H,26,27);1H. The van der Waals surface area contributed by atoms with Crippen molar-refractivity contribution in [2.75, 3.05) is 44.7 Å². The van der Waals surface area contributed by atoms with Crippen LogP contribution in [0.15, 0.2) is 53.5 Å². The average Bonchev–Trinajstić information content (AvgIpc) is 3.17. The third kappa shape index (κ3) is 5.41. The van der Waals surface area contributed by atoms with Crippen molar-refractivity contribution < 1.29 is 4.39 Å². The quantitative estimate of drug-likeness (QED) is 0.233. The predicted molar refractivity (Wildman–Crippen MR) is 131 cm³/mol. The van der Waals surface area contributed by atoms with Crippen molar-refractivity contribution >= 4 is 46.7 Å². The van der Waals surface area contributed by atoms with Crippen molar-refractivity contribution in [2.24, 2.45) is 4.99 Å². The highest BCUT2D eigenvalue weighted by atomic mass is 127. The van der Waals surface area contributed by atoms with E-state index in [0.717, 1.165) is 74.1 Å². The van der Waals surface area contributed by atoms with E-state index in [2.05, 4.69) is 36.1 Å². The van der Waals surface area contributed by atoms with Gasteiger partial charge in [0.25, 0.3) is 0 Å². The second kappa shape index (κ2) is 10.6. The molecule has 0 amide bonds. The highest BCUT2D eigenvalue weighted by Gasteiger charge is 2.19. The Hall–Kier alpha value is -2.36. The zero-order chi connectivity index (χ0) is 20.1. The number of nitrogens with zero attached hydrogens (tertiary/aromatic N) is 4. The van der Waals surface area contributed by atoms with E-state index in [1.54, 1.807) is 0 Å². The number of hydrogen-bond acceptors (Lipinski definition) is 3. The van der Waals surface area contributed by atoms with Gasteiger partial charge in [0.05, 0.1) is 11.0 Å². The fraction of sp³-hybridized carbons (Fsp3) is 0.364. The number of fused-ring (bicyclic) bond motifs is 1. The van der Waals surface area contributed by atoms with Gasteiger partial charge in [-0.05, 0) is 42.8 Å². The summed E-state index contributed by atoms with van der Waals surface area (Å²) in [6, 6.07) is 14.8. The lowest BCUT2D eigenvalue weighted by molar-refractivity contribution is 0.372. The normalized spacial score (nSPS) is 14.7. The lowest BCUT2D eigenvalue weighted by atomic mass is 10.2. The van der Waals surface area contributed by atoms with Crippen LogP contribution >= 0.6 is 24.0 Å². The molecule has 1 aromatic heterocycles. The molecular weight excluding hydrogens is 494 g/mol. The Morgan fingerprint density at radius 1 is 1.10 bits per heavy atom. The van der Waals surface area contributed by atoms with Gasteiger partial charge in [-0.1, -0.05) is 12.1 Å². The summed E-state index contributed by atoms with van der Waals surface area (Å²) in [7, 11) is 1.83. The van der Waals surface area contributed by atoms with E-state index in [9.17, 15) is 4.39 Å². The summed E-state index contributed by atoms with van der Waals surface area (Å²) >= 11 is 0. The maximum absolute atomic E-state index is 13.1. The third-order valence-electron chi connectivity index (χ3n) is 5.29. The first-order chi connectivity index (χ1) is 14.2. The molecule has 0 saturated carbocycles. The summed E-state index contributed by atoms with van der Waals surface area (Å²) < 4.78 is 13.1. The van der Waals surface area contributed by atoms with Gasteiger partial charge in [0.1, 0.15) is 11.6 Å². The van der Waals surface area contributed by atoms with Crippen LogP contribution in [-0.4, -0.2) is 60.6 Å². The Labute approximate surface area is 193 Å². The minimum Gasteiger partial charge on any atom is -0.368 e. The summed E-state index contributed by atoms with van der Waals surface area (Å²) in [6.07, 6.45) is 1.88. The summed E-state index contributed by atoms with van der Waals surface area (Å²) in [5, 5.41) is 3.47. The number of guanidine groups is 1. The maximum atomic E-state index is 13.1. The van der Waals surface area contributed by atoms with E-state index in [1.807, 2.05) is 37.4 Å². The van der Waals surface area contributed by atoms with Crippen LogP contribution in [0.4, 0.5) is 10.1 Å². The number of H-pyrrole nitrogens is 1. The van der Waals surface area contributed by atoms with Crippen LogP contribution in [0.3, 0.4) is 0 Å². The number of anilines is 1. The number of piperazine rings is 1. The zero-order valence-corrected chi connectivity index (χ0v) is 19.5. The number of halogens is 2. The van der Waals surface area contributed by atoms with Gasteiger partial charge < -0.3 is 20.1 Å². The summed E-state index contributed by atoms with van der Waals surface area (Å²) in [6.45, 7) is 4.42. The van der Waals surface area contributed by atoms with Crippen LogP contribution in [0, 0.1) is 5.82 Å². The van der Waals surface area contributed by atoms with Gasteiger partial charge in [0.15, 0.2) is 5.96 Å². The number of aromatic amines is 1. The molecule has 2 heterocycles. The van der Waals surface area contributed by atoms with Crippen molar-refractivity contribution in [3.05, 3.63) is 60.2 Å². The van der Waals surface area contributed by atoms with Gasteiger partial charge in [0, 0.05) is 51.9 Å². The highest BCUT2D eigenvalue weighted by molar-refractivity contribution is 14.0. The molecule has 4 rings (SSSR count). The van der Waals surface area contributed by atoms with E-state index in [0.29, 0.717) is 0 Å². The fourth-order valence-electron chi connectivity index (χ4n) is 3.74. The van der Waals surface area contributed by atoms with Gasteiger partial charge in [-0.25, -0.2) is 9.37 Å². The summed E-state index contributed by atoms with van der Waals surface area (Å²) in [5.74, 6) is 1.77.